The number of nitrogens with zero attached hydrogens (tertiary/aromatic N) is 2. The van der Waals surface area contributed by atoms with Crippen LogP contribution in [0.15, 0.2) is 30.3 Å². The molecule has 2 aromatic rings. The maximum atomic E-state index is 12.2. The second-order valence-corrected chi connectivity index (χ2v) is 5.68. The second kappa shape index (κ2) is 8.36. The predicted octanol–water partition coefficient (Wildman–Crippen LogP) is 3.23. The Morgan fingerprint density at radius 2 is 2.13 bits per heavy atom. The first-order chi connectivity index (χ1) is 11.1. The molecular weight excluding hydrogens is 290 g/mol. The van der Waals surface area contributed by atoms with E-state index in [1.165, 1.54) is 12.8 Å². The molecule has 2 rings (SSSR count). The number of carbonyl (C=O) groups is 1. The molecule has 0 fully saturated rings. The van der Waals surface area contributed by atoms with Crippen LogP contribution in [0.5, 0.6) is 5.75 Å². The molecule has 0 unspecified atom stereocenters. The maximum Gasteiger partial charge on any atom is 0.269 e. The van der Waals surface area contributed by atoms with Crippen LogP contribution in [0.25, 0.3) is 0 Å². The SMILES string of the molecule is CCCCCOc1cccc(CNC(=O)c2cc(C)nn2C)c1. The van der Waals surface area contributed by atoms with Gasteiger partial charge in [-0.15, -0.1) is 0 Å². The number of carbonyl (C=O) groups excluding carboxylic acids is 1. The summed E-state index contributed by atoms with van der Waals surface area (Å²) in [5.41, 5.74) is 2.42. The number of benzene rings is 1. The first kappa shape index (κ1) is 17.1. The van der Waals surface area contributed by atoms with E-state index < -0.39 is 0 Å². The Morgan fingerprint density at radius 1 is 1.30 bits per heavy atom. The molecule has 1 heterocycles. The minimum atomic E-state index is -0.123. The van der Waals surface area contributed by atoms with E-state index >= 15 is 0 Å². The topological polar surface area (TPSA) is 56.1 Å². The molecule has 1 aromatic heterocycles. The first-order valence-electron chi connectivity index (χ1n) is 8.10. The summed E-state index contributed by atoms with van der Waals surface area (Å²) in [6.45, 7) is 5.25. The summed E-state index contributed by atoms with van der Waals surface area (Å²) in [7, 11) is 1.77. The minimum Gasteiger partial charge on any atom is -0.494 e. The number of aromatic nitrogens is 2. The van der Waals surface area contributed by atoms with Crippen molar-refractivity contribution in [1.82, 2.24) is 15.1 Å². The first-order valence-corrected chi connectivity index (χ1v) is 8.10. The lowest BCUT2D eigenvalue weighted by molar-refractivity contribution is 0.0941. The standard InChI is InChI=1S/C18H25N3O2/c1-4-5-6-10-23-16-9-7-8-15(12-16)13-19-18(22)17-11-14(2)20-21(17)3/h7-9,11-12H,4-6,10,13H2,1-3H3,(H,19,22). The van der Waals surface area contributed by atoms with Gasteiger partial charge in [-0.3, -0.25) is 9.48 Å². The normalized spacial score (nSPS) is 10.6. The molecule has 23 heavy (non-hydrogen) atoms. The van der Waals surface area contributed by atoms with E-state index in [-0.39, 0.29) is 5.91 Å². The van der Waals surface area contributed by atoms with Crippen molar-refractivity contribution in [3.05, 3.63) is 47.3 Å². The summed E-state index contributed by atoms with van der Waals surface area (Å²) in [5.74, 6) is 0.728. The van der Waals surface area contributed by atoms with Gasteiger partial charge in [0.1, 0.15) is 11.4 Å². The van der Waals surface area contributed by atoms with Crippen molar-refractivity contribution in [3.8, 4) is 5.75 Å². The number of nitrogens with one attached hydrogen (secondary N) is 1. The van der Waals surface area contributed by atoms with Crippen molar-refractivity contribution in [3.63, 3.8) is 0 Å². The molecular formula is C18H25N3O2. The zero-order valence-electron chi connectivity index (χ0n) is 14.1. The highest BCUT2D eigenvalue weighted by Crippen LogP contribution is 2.14. The van der Waals surface area contributed by atoms with E-state index in [1.807, 2.05) is 31.2 Å². The number of ether oxygens (including phenoxy) is 1. The van der Waals surface area contributed by atoms with Gasteiger partial charge in [-0.05, 0) is 37.1 Å². The predicted molar refractivity (Wildman–Crippen MR) is 90.6 cm³/mol. The van der Waals surface area contributed by atoms with Crippen LogP contribution in [0, 0.1) is 6.92 Å². The molecule has 5 nitrogen and oxygen atoms in total. The van der Waals surface area contributed by atoms with Crippen molar-refractivity contribution >= 4 is 5.91 Å². The van der Waals surface area contributed by atoms with Gasteiger partial charge < -0.3 is 10.1 Å². The van der Waals surface area contributed by atoms with Gasteiger partial charge in [0.15, 0.2) is 0 Å². The monoisotopic (exact) mass is 315 g/mol. The number of rotatable bonds is 8. The van der Waals surface area contributed by atoms with Crippen LogP contribution in [0.1, 0.15) is 47.9 Å². The lowest BCUT2D eigenvalue weighted by Gasteiger charge is -2.09. The summed E-state index contributed by atoms with van der Waals surface area (Å²) in [6.07, 6.45) is 3.43. The molecule has 1 N–H and O–H groups in total. The molecule has 1 amide bonds. The van der Waals surface area contributed by atoms with E-state index in [0.717, 1.165) is 30.0 Å². The molecule has 0 aliphatic heterocycles. The molecule has 0 saturated carbocycles. The Morgan fingerprint density at radius 3 is 2.83 bits per heavy atom. The van der Waals surface area contributed by atoms with Gasteiger partial charge in [-0.25, -0.2) is 0 Å². The van der Waals surface area contributed by atoms with Crippen molar-refractivity contribution in [2.45, 2.75) is 39.7 Å². The Labute approximate surface area is 137 Å². The highest BCUT2D eigenvalue weighted by atomic mass is 16.5. The Balaban J connectivity index is 1.88. The summed E-state index contributed by atoms with van der Waals surface area (Å²) < 4.78 is 7.33. The smallest absolute Gasteiger partial charge is 0.269 e. The summed E-state index contributed by atoms with van der Waals surface area (Å²) >= 11 is 0. The van der Waals surface area contributed by atoms with Crippen LogP contribution in [-0.2, 0) is 13.6 Å². The van der Waals surface area contributed by atoms with E-state index in [0.29, 0.717) is 12.2 Å². The molecule has 0 radical (unpaired) electrons. The third-order valence-corrected chi connectivity index (χ3v) is 3.60. The molecule has 0 bridgehead atoms. The van der Waals surface area contributed by atoms with Gasteiger partial charge in [0.05, 0.1) is 12.3 Å². The Hall–Kier alpha value is -2.30. The highest BCUT2D eigenvalue weighted by molar-refractivity contribution is 5.92. The van der Waals surface area contributed by atoms with Gasteiger partial charge in [0.2, 0.25) is 0 Å². The third kappa shape index (κ3) is 5.13. The third-order valence-electron chi connectivity index (χ3n) is 3.60. The molecule has 1 aromatic carbocycles. The summed E-state index contributed by atoms with van der Waals surface area (Å²) in [5, 5.41) is 7.10. The van der Waals surface area contributed by atoms with Gasteiger partial charge >= 0.3 is 0 Å². The van der Waals surface area contributed by atoms with E-state index in [1.54, 1.807) is 17.8 Å². The quantitative estimate of drug-likeness (QED) is 0.761. The molecule has 124 valence electrons. The maximum absolute atomic E-state index is 12.2. The van der Waals surface area contributed by atoms with Gasteiger partial charge in [-0.1, -0.05) is 31.9 Å². The van der Waals surface area contributed by atoms with E-state index in [4.69, 9.17) is 4.74 Å². The summed E-state index contributed by atoms with van der Waals surface area (Å²) in [4.78, 5) is 12.2. The number of aryl methyl sites for hydroxylation is 2. The number of hydrogen-bond acceptors (Lipinski definition) is 3. The average molecular weight is 315 g/mol. The second-order valence-electron chi connectivity index (χ2n) is 5.68. The van der Waals surface area contributed by atoms with Gasteiger partial charge in [-0.2, -0.15) is 5.10 Å². The summed E-state index contributed by atoms with van der Waals surface area (Å²) in [6, 6.07) is 9.63. The number of amides is 1. The van der Waals surface area contributed by atoms with E-state index in [9.17, 15) is 4.79 Å². The zero-order chi connectivity index (χ0) is 16.7. The number of hydrogen-bond donors (Lipinski definition) is 1. The minimum absolute atomic E-state index is 0.123. The highest BCUT2D eigenvalue weighted by Gasteiger charge is 2.11. The van der Waals surface area contributed by atoms with E-state index in [2.05, 4.69) is 17.3 Å². The average Bonchev–Trinajstić information content (AvgIpc) is 2.88. The fourth-order valence-electron chi connectivity index (χ4n) is 2.38. The molecule has 0 atom stereocenters. The fourth-order valence-corrected chi connectivity index (χ4v) is 2.38. The molecule has 0 aliphatic rings. The van der Waals surface area contributed by atoms with Crippen LogP contribution in [-0.4, -0.2) is 22.3 Å². The lowest BCUT2D eigenvalue weighted by atomic mass is 10.2. The lowest BCUT2D eigenvalue weighted by Crippen LogP contribution is -2.25. The van der Waals surface area contributed by atoms with Gasteiger partial charge in [0, 0.05) is 13.6 Å². The molecule has 5 heteroatoms. The van der Waals surface area contributed by atoms with Crippen LogP contribution in [0.2, 0.25) is 0 Å². The molecule has 0 saturated heterocycles. The van der Waals surface area contributed by atoms with Crippen molar-refractivity contribution in [1.29, 1.82) is 0 Å². The zero-order valence-corrected chi connectivity index (χ0v) is 14.1. The van der Waals surface area contributed by atoms with Gasteiger partial charge in [0.25, 0.3) is 5.91 Å². The van der Waals surface area contributed by atoms with Crippen molar-refractivity contribution in [2.75, 3.05) is 6.61 Å². The number of unbranched alkanes of at least 4 members (excludes halogenated alkanes) is 2. The van der Waals surface area contributed by atoms with Crippen LogP contribution in [0.3, 0.4) is 0 Å². The van der Waals surface area contributed by atoms with Crippen molar-refractivity contribution in [2.24, 2.45) is 7.05 Å². The van der Waals surface area contributed by atoms with Crippen LogP contribution >= 0.6 is 0 Å². The van der Waals surface area contributed by atoms with Crippen LogP contribution in [0.4, 0.5) is 0 Å². The largest absolute Gasteiger partial charge is 0.494 e. The van der Waals surface area contributed by atoms with Crippen molar-refractivity contribution < 1.29 is 9.53 Å². The molecule has 0 aliphatic carbocycles. The van der Waals surface area contributed by atoms with Crippen LogP contribution < -0.4 is 10.1 Å². The fraction of sp³-hybridized carbons (Fsp3) is 0.444. The molecule has 0 spiro atoms. The Bertz CT molecular complexity index is 649. The Kier molecular flexibility index (Phi) is 6.20.